The van der Waals surface area contributed by atoms with Crippen molar-refractivity contribution in [1.29, 1.82) is 0 Å². The number of nitrogens with one attached hydrogen (secondary N) is 1. The van der Waals surface area contributed by atoms with Gasteiger partial charge in [0.15, 0.2) is 0 Å². The molecule has 0 amide bonds. The normalized spacial score (nSPS) is 18.3. The quantitative estimate of drug-likeness (QED) is 0.877. The van der Waals surface area contributed by atoms with E-state index in [0.717, 1.165) is 36.8 Å². The fourth-order valence-electron chi connectivity index (χ4n) is 2.45. The Morgan fingerprint density at radius 1 is 1.25 bits per heavy atom. The zero-order valence-corrected chi connectivity index (χ0v) is 14.1. The van der Waals surface area contributed by atoms with E-state index in [1.165, 1.54) is 0 Å². The van der Waals surface area contributed by atoms with Crippen LogP contribution in [0.4, 0.5) is 0 Å². The molecule has 2 rings (SSSR count). The Labute approximate surface area is 129 Å². The third-order valence-electron chi connectivity index (χ3n) is 3.81. The molecule has 0 bridgehead atoms. The fraction of sp³-hybridized carbons (Fsp3) is 0.571. The Balaban J connectivity index is 1.82. The average molecular weight is 361 g/mol. The van der Waals surface area contributed by atoms with Crippen molar-refractivity contribution in [1.82, 2.24) is 9.62 Å². The van der Waals surface area contributed by atoms with Crippen LogP contribution in [0.5, 0.6) is 0 Å². The molecule has 1 aliphatic heterocycles. The van der Waals surface area contributed by atoms with Crippen molar-refractivity contribution in [3.63, 3.8) is 0 Å². The van der Waals surface area contributed by atoms with Gasteiger partial charge in [-0.15, -0.1) is 0 Å². The molecule has 1 aromatic rings. The number of hydrogen-bond acceptors (Lipinski definition) is 3. The molecule has 0 aromatic heterocycles. The number of likely N-dealkylation sites (tertiary alicyclic amines) is 1. The van der Waals surface area contributed by atoms with E-state index < -0.39 is 10.0 Å². The van der Waals surface area contributed by atoms with Gasteiger partial charge in [-0.1, -0.05) is 15.9 Å². The van der Waals surface area contributed by atoms with Crippen LogP contribution in [0.15, 0.2) is 33.6 Å². The van der Waals surface area contributed by atoms with Crippen LogP contribution in [0.3, 0.4) is 0 Å². The largest absolute Gasteiger partial charge is 0.306 e. The van der Waals surface area contributed by atoms with Crippen molar-refractivity contribution >= 4 is 26.0 Å². The first kappa shape index (κ1) is 15.9. The maximum atomic E-state index is 12.1. The Kier molecular flexibility index (Phi) is 5.60. The SMILES string of the molecule is CN1CCC(CCNS(=O)(=O)c2ccc(Br)cc2)CC1. The maximum Gasteiger partial charge on any atom is 0.240 e. The van der Waals surface area contributed by atoms with E-state index in [-0.39, 0.29) is 0 Å². The molecule has 1 aliphatic rings. The first-order valence-electron chi connectivity index (χ1n) is 6.91. The maximum absolute atomic E-state index is 12.1. The van der Waals surface area contributed by atoms with Gasteiger partial charge in [0.05, 0.1) is 4.90 Å². The van der Waals surface area contributed by atoms with Crippen LogP contribution in [0.25, 0.3) is 0 Å². The summed E-state index contributed by atoms with van der Waals surface area (Å²) in [5, 5.41) is 0. The Hall–Kier alpha value is -0.430. The van der Waals surface area contributed by atoms with Gasteiger partial charge in [0, 0.05) is 11.0 Å². The molecule has 6 heteroatoms. The fourth-order valence-corrected chi connectivity index (χ4v) is 3.76. The molecule has 1 N–H and O–H groups in total. The van der Waals surface area contributed by atoms with Crippen LogP contribution in [0.2, 0.25) is 0 Å². The monoisotopic (exact) mass is 360 g/mol. The summed E-state index contributed by atoms with van der Waals surface area (Å²) in [6.45, 7) is 2.75. The van der Waals surface area contributed by atoms with Crippen LogP contribution in [0, 0.1) is 5.92 Å². The highest BCUT2D eigenvalue weighted by Crippen LogP contribution is 2.19. The second-order valence-electron chi connectivity index (χ2n) is 5.39. The number of rotatable bonds is 5. The van der Waals surface area contributed by atoms with Gasteiger partial charge in [0.1, 0.15) is 0 Å². The van der Waals surface area contributed by atoms with Crippen LogP contribution >= 0.6 is 15.9 Å². The molecular weight excluding hydrogens is 340 g/mol. The lowest BCUT2D eigenvalue weighted by Gasteiger charge is -2.28. The topological polar surface area (TPSA) is 49.4 Å². The molecule has 0 aliphatic carbocycles. The van der Waals surface area contributed by atoms with Gasteiger partial charge in [-0.2, -0.15) is 0 Å². The lowest BCUT2D eigenvalue weighted by Crippen LogP contribution is -2.32. The number of hydrogen-bond donors (Lipinski definition) is 1. The smallest absolute Gasteiger partial charge is 0.240 e. The molecule has 0 unspecified atom stereocenters. The molecule has 1 heterocycles. The molecule has 0 saturated carbocycles. The highest BCUT2D eigenvalue weighted by Gasteiger charge is 2.18. The van der Waals surface area contributed by atoms with Crippen molar-refractivity contribution in [2.45, 2.75) is 24.2 Å². The molecule has 20 heavy (non-hydrogen) atoms. The minimum absolute atomic E-state index is 0.323. The summed E-state index contributed by atoms with van der Waals surface area (Å²) in [7, 11) is -1.24. The number of halogens is 1. The van der Waals surface area contributed by atoms with Gasteiger partial charge in [-0.05, 0) is 69.6 Å². The van der Waals surface area contributed by atoms with Crippen molar-refractivity contribution in [3.05, 3.63) is 28.7 Å². The third kappa shape index (κ3) is 4.55. The summed E-state index contributed by atoms with van der Waals surface area (Å²) in [6.07, 6.45) is 3.25. The van der Waals surface area contributed by atoms with E-state index in [0.29, 0.717) is 17.4 Å². The van der Waals surface area contributed by atoms with Crippen LogP contribution in [-0.4, -0.2) is 40.0 Å². The summed E-state index contributed by atoms with van der Waals surface area (Å²) >= 11 is 3.30. The second-order valence-corrected chi connectivity index (χ2v) is 8.07. The summed E-state index contributed by atoms with van der Waals surface area (Å²) in [4.78, 5) is 2.65. The van der Waals surface area contributed by atoms with E-state index in [1.807, 2.05) is 0 Å². The lowest BCUT2D eigenvalue weighted by molar-refractivity contribution is 0.213. The van der Waals surface area contributed by atoms with E-state index in [2.05, 4.69) is 32.6 Å². The van der Waals surface area contributed by atoms with E-state index in [1.54, 1.807) is 24.3 Å². The summed E-state index contributed by atoms with van der Waals surface area (Å²) in [5.74, 6) is 0.638. The highest BCUT2D eigenvalue weighted by atomic mass is 79.9. The molecule has 0 radical (unpaired) electrons. The predicted octanol–water partition coefficient (Wildman–Crippen LogP) is 2.46. The molecular formula is C14H21BrN2O2S. The first-order chi connectivity index (χ1) is 9.47. The van der Waals surface area contributed by atoms with Crippen LogP contribution in [-0.2, 0) is 10.0 Å². The molecule has 4 nitrogen and oxygen atoms in total. The zero-order valence-electron chi connectivity index (χ0n) is 11.7. The predicted molar refractivity (Wildman–Crippen MR) is 84.2 cm³/mol. The third-order valence-corrected chi connectivity index (χ3v) is 5.81. The van der Waals surface area contributed by atoms with Gasteiger partial charge >= 0.3 is 0 Å². The average Bonchev–Trinajstić information content (AvgIpc) is 2.41. The zero-order chi connectivity index (χ0) is 14.6. The number of nitrogens with zero attached hydrogens (tertiary/aromatic N) is 1. The molecule has 1 saturated heterocycles. The van der Waals surface area contributed by atoms with E-state index in [9.17, 15) is 8.42 Å². The minimum Gasteiger partial charge on any atom is -0.306 e. The molecule has 0 spiro atoms. The Bertz CT molecular complexity index is 523. The highest BCUT2D eigenvalue weighted by molar-refractivity contribution is 9.10. The number of sulfonamides is 1. The van der Waals surface area contributed by atoms with E-state index in [4.69, 9.17) is 0 Å². The van der Waals surface area contributed by atoms with Gasteiger partial charge in [-0.3, -0.25) is 0 Å². The Morgan fingerprint density at radius 3 is 2.45 bits per heavy atom. The van der Waals surface area contributed by atoms with Gasteiger partial charge in [0.2, 0.25) is 10.0 Å². The Morgan fingerprint density at radius 2 is 1.85 bits per heavy atom. The first-order valence-corrected chi connectivity index (χ1v) is 9.19. The summed E-state index contributed by atoms with van der Waals surface area (Å²) in [5.41, 5.74) is 0. The lowest BCUT2D eigenvalue weighted by atomic mass is 9.94. The number of benzene rings is 1. The van der Waals surface area contributed by atoms with Gasteiger partial charge in [-0.25, -0.2) is 13.1 Å². The standard InChI is InChI=1S/C14H21BrN2O2S/c1-17-10-7-12(8-11-17)6-9-16-20(18,19)14-4-2-13(15)3-5-14/h2-5,12,16H,6-11H2,1H3. The molecule has 1 fully saturated rings. The summed E-state index contributed by atoms with van der Waals surface area (Å²) in [6, 6.07) is 6.71. The minimum atomic E-state index is -3.37. The van der Waals surface area contributed by atoms with E-state index >= 15 is 0 Å². The second kappa shape index (κ2) is 7.02. The number of piperidine rings is 1. The molecule has 0 atom stereocenters. The van der Waals surface area contributed by atoms with Crippen molar-refractivity contribution in [2.75, 3.05) is 26.7 Å². The molecule has 1 aromatic carbocycles. The van der Waals surface area contributed by atoms with Crippen molar-refractivity contribution in [2.24, 2.45) is 5.92 Å². The van der Waals surface area contributed by atoms with Crippen LogP contribution < -0.4 is 4.72 Å². The van der Waals surface area contributed by atoms with Crippen molar-refractivity contribution < 1.29 is 8.42 Å². The van der Waals surface area contributed by atoms with Crippen molar-refractivity contribution in [3.8, 4) is 0 Å². The van der Waals surface area contributed by atoms with Gasteiger partial charge in [0.25, 0.3) is 0 Å². The van der Waals surface area contributed by atoms with Gasteiger partial charge < -0.3 is 4.90 Å². The summed E-state index contributed by atoms with van der Waals surface area (Å²) < 4.78 is 27.8. The van der Waals surface area contributed by atoms with Crippen LogP contribution in [0.1, 0.15) is 19.3 Å². The molecule has 112 valence electrons.